The van der Waals surface area contributed by atoms with E-state index >= 15 is 0 Å². The van der Waals surface area contributed by atoms with Crippen LogP contribution in [0.2, 0.25) is 0 Å². The van der Waals surface area contributed by atoms with Crippen LogP contribution in [0.5, 0.6) is 0 Å². The third-order valence-corrected chi connectivity index (χ3v) is 3.84. The number of nitrogens with one attached hydrogen (secondary N) is 1. The van der Waals surface area contributed by atoms with E-state index in [1.807, 2.05) is 18.2 Å². The van der Waals surface area contributed by atoms with Gasteiger partial charge in [0, 0.05) is 24.9 Å². The van der Waals surface area contributed by atoms with Crippen molar-refractivity contribution in [2.45, 2.75) is 38.8 Å². The molecule has 1 N–H and O–H groups in total. The highest BCUT2D eigenvalue weighted by atomic mass is 16.5. The van der Waals surface area contributed by atoms with E-state index in [2.05, 4.69) is 38.2 Å². The predicted molar refractivity (Wildman–Crippen MR) is 71.1 cm³/mol. The Balaban J connectivity index is 2.48. The fraction of sp³-hybridized carbons (Fsp3) is 0.533. The monoisotopic (exact) mass is 247 g/mol. The van der Waals surface area contributed by atoms with Gasteiger partial charge in [-0.25, -0.2) is 0 Å². The Hall–Kier alpha value is -1.35. The normalized spacial score (nSPS) is 28.2. The summed E-state index contributed by atoms with van der Waals surface area (Å²) in [4.78, 5) is 11.9. The van der Waals surface area contributed by atoms with Gasteiger partial charge in [0.1, 0.15) is 0 Å². The number of carbonyl (C=O) groups is 1. The molecule has 2 atom stereocenters. The molecule has 0 spiro atoms. The number of hydrogen-bond acceptors (Lipinski definition) is 2. The van der Waals surface area contributed by atoms with E-state index < -0.39 is 5.72 Å². The molecule has 1 aliphatic heterocycles. The summed E-state index contributed by atoms with van der Waals surface area (Å²) in [5, 5.41) is 3.04. The van der Waals surface area contributed by atoms with Gasteiger partial charge >= 0.3 is 0 Å². The molecule has 0 aliphatic carbocycles. The van der Waals surface area contributed by atoms with E-state index in [-0.39, 0.29) is 17.2 Å². The van der Waals surface area contributed by atoms with Crippen LogP contribution < -0.4 is 5.32 Å². The molecular weight excluding hydrogens is 226 g/mol. The molecular formula is C15H21NO2. The summed E-state index contributed by atoms with van der Waals surface area (Å²) >= 11 is 0. The van der Waals surface area contributed by atoms with E-state index in [0.29, 0.717) is 6.42 Å². The van der Waals surface area contributed by atoms with Crippen molar-refractivity contribution < 1.29 is 9.53 Å². The molecule has 1 fully saturated rings. The number of benzene rings is 1. The van der Waals surface area contributed by atoms with Crippen LogP contribution in [0, 0.1) is 5.41 Å². The first-order chi connectivity index (χ1) is 8.40. The summed E-state index contributed by atoms with van der Waals surface area (Å²) in [5.74, 6) is 0.108. The van der Waals surface area contributed by atoms with Crippen molar-refractivity contribution in [1.82, 2.24) is 5.32 Å². The van der Waals surface area contributed by atoms with E-state index in [0.717, 1.165) is 5.56 Å². The van der Waals surface area contributed by atoms with E-state index in [1.165, 1.54) is 0 Å². The molecule has 0 aromatic heterocycles. The van der Waals surface area contributed by atoms with Gasteiger partial charge in [0.15, 0.2) is 5.72 Å². The maximum Gasteiger partial charge on any atom is 0.223 e. The van der Waals surface area contributed by atoms with Gasteiger partial charge in [-0.15, -0.1) is 0 Å². The average molecular weight is 247 g/mol. The summed E-state index contributed by atoms with van der Waals surface area (Å²) in [6, 6.07) is 10.1. The molecule has 3 nitrogen and oxygen atoms in total. The summed E-state index contributed by atoms with van der Waals surface area (Å²) in [5.41, 5.74) is 0.340. The first kappa shape index (κ1) is 13.1. The number of rotatable bonds is 2. The topological polar surface area (TPSA) is 38.3 Å². The van der Waals surface area contributed by atoms with Crippen LogP contribution in [0.15, 0.2) is 30.3 Å². The maximum absolute atomic E-state index is 11.9. The highest BCUT2D eigenvalue weighted by molar-refractivity contribution is 5.81. The minimum atomic E-state index is -0.633. The summed E-state index contributed by atoms with van der Waals surface area (Å²) in [6.07, 6.45) is 0.481. The molecule has 1 heterocycles. The Bertz CT molecular complexity index is 436. The van der Waals surface area contributed by atoms with Gasteiger partial charge < -0.3 is 10.1 Å². The smallest absolute Gasteiger partial charge is 0.223 e. The quantitative estimate of drug-likeness (QED) is 0.872. The Morgan fingerprint density at radius 3 is 2.39 bits per heavy atom. The fourth-order valence-electron chi connectivity index (χ4n) is 2.92. The number of carbonyl (C=O) groups excluding carboxylic acids is 1. The lowest BCUT2D eigenvalue weighted by Crippen LogP contribution is -2.56. The van der Waals surface area contributed by atoms with Crippen LogP contribution in [0.25, 0.3) is 0 Å². The molecule has 98 valence electrons. The molecule has 3 heteroatoms. The third-order valence-electron chi connectivity index (χ3n) is 3.84. The Kier molecular flexibility index (Phi) is 3.20. The molecule has 1 saturated heterocycles. The second-order valence-electron chi connectivity index (χ2n) is 5.91. The summed E-state index contributed by atoms with van der Waals surface area (Å²) in [7, 11) is 1.67. The van der Waals surface area contributed by atoms with Gasteiger partial charge in [-0.2, -0.15) is 0 Å². The molecule has 18 heavy (non-hydrogen) atoms. The second-order valence-corrected chi connectivity index (χ2v) is 5.91. The van der Waals surface area contributed by atoms with Crippen LogP contribution in [-0.4, -0.2) is 18.7 Å². The lowest BCUT2D eigenvalue weighted by Gasteiger charge is -2.44. The molecule has 1 aromatic carbocycles. The minimum absolute atomic E-state index is 0.0520. The Morgan fingerprint density at radius 1 is 1.28 bits per heavy atom. The first-order valence-electron chi connectivity index (χ1n) is 6.32. The van der Waals surface area contributed by atoms with Gasteiger partial charge in [0.25, 0.3) is 0 Å². The molecule has 1 amide bonds. The van der Waals surface area contributed by atoms with Crippen molar-refractivity contribution >= 4 is 5.91 Å². The maximum atomic E-state index is 11.9. The van der Waals surface area contributed by atoms with Gasteiger partial charge in [0.2, 0.25) is 5.91 Å². The lowest BCUT2D eigenvalue weighted by atomic mass is 9.73. The fourth-order valence-corrected chi connectivity index (χ4v) is 2.92. The average Bonchev–Trinajstić information content (AvgIpc) is 2.68. The van der Waals surface area contributed by atoms with Gasteiger partial charge in [-0.1, -0.05) is 51.1 Å². The SMILES string of the molecule is CO[C@@]1(C(C)(C)C)NC(=O)C[C@H]1c1ccccc1. The zero-order chi connectivity index (χ0) is 13.4. The number of amides is 1. The largest absolute Gasteiger partial charge is 0.358 e. The van der Waals surface area contributed by atoms with Crippen LogP contribution in [0.1, 0.15) is 38.7 Å². The van der Waals surface area contributed by atoms with Crippen molar-refractivity contribution in [3.8, 4) is 0 Å². The highest BCUT2D eigenvalue weighted by Crippen LogP contribution is 2.47. The minimum Gasteiger partial charge on any atom is -0.358 e. The molecule has 0 unspecified atom stereocenters. The molecule has 0 saturated carbocycles. The summed E-state index contributed by atoms with van der Waals surface area (Å²) < 4.78 is 5.77. The molecule has 1 aromatic rings. The van der Waals surface area contributed by atoms with Gasteiger partial charge in [0.05, 0.1) is 0 Å². The zero-order valence-corrected chi connectivity index (χ0v) is 11.5. The third kappa shape index (κ3) is 1.93. The van der Waals surface area contributed by atoms with Crippen LogP contribution in [-0.2, 0) is 9.53 Å². The molecule has 1 aliphatic rings. The van der Waals surface area contributed by atoms with Gasteiger partial charge in [-0.05, 0) is 5.56 Å². The Morgan fingerprint density at radius 2 is 1.89 bits per heavy atom. The van der Waals surface area contributed by atoms with Crippen molar-refractivity contribution in [1.29, 1.82) is 0 Å². The number of hydrogen-bond donors (Lipinski definition) is 1. The zero-order valence-electron chi connectivity index (χ0n) is 11.5. The van der Waals surface area contributed by atoms with E-state index in [4.69, 9.17) is 4.74 Å². The standard InChI is InChI=1S/C15H21NO2/c1-14(2,3)15(18-4)12(10-13(17)16-15)11-8-6-5-7-9-11/h5-9,12H,10H2,1-4H3,(H,16,17)/t12-,15-/m0/s1. The lowest BCUT2D eigenvalue weighted by molar-refractivity contribution is -0.136. The number of ether oxygens (including phenoxy) is 1. The molecule has 0 radical (unpaired) electrons. The van der Waals surface area contributed by atoms with Crippen LogP contribution in [0.3, 0.4) is 0 Å². The molecule has 0 bridgehead atoms. The number of methoxy groups -OCH3 is 1. The van der Waals surface area contributed by atoms with Crippen LogP contribution >= 0.6 is 0 Å². The summed E-state index contributed by atoms with van der Waals surface area (Å²) in [6.45, 7) is 6.29. The molecule has 2 rings (SSSR count). The predicted octanol–water partition coefficient (Wildman–Crippen LogP) is 2.68. The van der Waals surface area contributed by atoms with E-state index in [1.54, 1.807) is 7.11 Å². The van der Waals surface area contributed by atoms with Crippen molar-refractivity contribution in [2.24, 2.45) is 5.41 Å². The van der Waals surface area contributed by atoms with Crippen LogP contribution in [0.4, 0.5) is 0 Å². The van der Waals surface area contributed by atoms with Crippen molar-refractivity contribution in [3.05, 3.63) is 35.9 Å². The van der Waals surface area contributed by atoms with Gasteiger partial charge in [-0.3, -0.25) is 4.79 Å². The Labute approximate surface area is 109 Å². The van der Waals surface area contributed by atoms with Crippen molar-refractivity contribution in [2.75, 3.05) is 7.11 Å². The highest BCUT2D eigenvalue weighted by Gasteiger charge is 2.55. The second kappa shape index (κ2) is 4.39. The van der Waals surface area contributed by atoms with E-state index in [9.17, 15) is 4.79 Å². The first-order valence-corrected chi connectivity index (χ1v) is 6.32. The van der Waals surface area contributed by atoms with Crippen molar-refractivity contribution in [3.63, 3.8) is 0 Å².